The highest BCUT2D eigenvalue weighted by molar-refractivity contribution is 7.10. The molecule has 3 rings (SSSR count). The van der Waals surface area contributed by atoms with E-state index >= 15 is 0 Å². The molecule has 1 amide bonds. The molecule has 1 aliphatic rings. The molecule has 2 aromatic heterocycles. The minimum atomic E-state index is -0.343. The van der Waals surface area contributed by atoms with E-state index in [0.717, 1.165) is 42.9 Å². The Morgan fingerprint density at radius 2 is 2.30 bits per heavy atom. The van der Waals surface area contributed by atoms with Gasteiger partial charge in [0.1, 0.15) is 11.6 Å². The van der Waals surface area contributed by atoms with E-state index in [-0.39, 0.29) is 23.6 Å². The van der Waals surface area contributed by atoms with E-state index in [9.17, 15) is 10.1 Å². The molecule has 0 aliphatic carbocycles. The van der Waals surface area contributed by atoms with E-state index in [4.69, 9.17) is 4.74 Å². The van der Waals surface area contributed by atoms with Crippen molar-refractivity contribution in [2.75, 3.05) is 27.2 Å². The van der Waals surface area contributed by atoms with E-state index in [0.29, 0.717) is 6.54 Å². The van der Waals surface area contributed by atoms with Gasteiger partial charge in [0, 0.05) is 36.0 Å². The number of nitrogens with one attached hydrogen (secondary N) is 1. The zero-order chi connectivity index (χ0) is 21.7. The van der Waals surface area contributed by atoms with Crippen LogP contribution in [0.4, 0.5) is 0 Å². The first-order valence-corrected chi connectivity index (χ1v) is 11.2. The number of aromatic nitrogens is 1. The number of carbonyl (C=O) groups is 1. The number of aryl methyl sites for hydroxylation is 1. The second-order valence-electron chi connectivity index (χ2n) is 7.95. The van der Waals surface area contributed by atoms with Gasteiger partial charge in [-0.25, -0.2) is 0 Å². The summed E-state index contributed by atoms with van der Waals surface area (Å²) in [5.74, 6) is -0.343. The number of likely N-dealkylation sites (N-methyl/N-ethyl adjacent to an activating group) is 1. The summed E-state index contributed by atoms with van der Waals surface area (Å²) in [5.41, 5.74) is 3.18. The molecule has 1 fully saturated rings. The number of nitrogens with zero attached hydrogens (tertiary/aromatic N) is 3. The molecule has 2 unspecified atom stereocenters. The standard InChI is InChI=1S/C23H30N4O2S/c1-16-11-18(17(2)27(16)15-20-7-5-9-29-20)12-19(13-24)23(28)25-14-21(26(3)4)22-8-6-10-30-22/h6,8,10-12,20-21H,5,7,9,14-15H2,1-4H3,(H,25,28)/b19-12+. The summed E-state index contributed by atoms with van der Waals surface area (Å²) in [4.78, 5) is 16.0. The van der Waals surface area contributed by atoms with Crippen molar-refractivity contribution in [3.63, 3.8) is 0 Å². The van der Waals surface area contributed by atoms with Crippen LogP contribution in [0.1, 0.15) is 40.7 Å². The van der Waals surface area contributed by atoms with Crippen molar-refractivity contribution in [3.05, 3.63) is 51.0 Å². The van der Waals surface area contributed by atoms with E-state index < -0.39 is 0 Å². The molecule has 7 heteroatoms. The molecule has 0 radical (unpaired) electrons. The topological polar surface area (TPSA) is 70.3 Å². The third-order valence-corrected chi connectivity index (χ3v) is 6.61. The quantitative estimate of drug-likeness (QED) is 0.516. The van der Waals surface area contributed by atoms with Crippen LogP contribution in [0, 0.1) is 25.2 Å². The first-order valence-electron chi connectivity index (χ1n) is 10.3. The van der Waals surface area contributed by atoms with E-state index in [1.807, 2.05) is 45.5 Å². The number of carbonyl (C=O) groups excluding carboxylic acids is 1. The van der Waals surface area contributed by atoms with Gasteiger partial charge >= 0.3 is 0 Å². The van der Waals surface area contributed by atoms with Crippen LogP contribution in [0.15, 0.2) is 29.2 Å². The van der Waals surface area contributed by atoms with E-state index in [2.05, 4.69) is 26.9 Å². The predicted molar refractivity (Wildman–Crippen MR) is 120 cm³/mol. The highest BCUT2D eigenvalue weighted by Gasteiger charge is 2.20. The van der Waals surface area contributed by atoms with Gasteiger partial charge in [0.25, 0.3) is 5.91 Å². The Morgan fingerprint density at radius 3 is 2.90 bits per heavy atom. The largest absolute Gasteiger partial charge is 0.376 e. The van der Waals surface area contributed by atoms with Crippen molar-refractivity contribution in [1.29, 1.82) is 5.26 Å². The second-order valence-corrected chi connectivity index (χ2v) is 8.93. The SMILES string of the molecule is Cc1cc(/C=C(\C#N)C(=O)NCC(c2cccs2)N(C)C)c(C)n1CC1CCCO1. The first-order chi connectivity index (χ1) is 14.4. The van der Waals surface area contributed by atoms with Gasteiger partial charge in [-0.1, -0.05) is 6.07 Å². The number of amides is 1. The molecular weight excluding hydrogens is 396 g/mol. The van der Waals surface area contributed by atoms with Crippen molar-refractivity contribution in [2.45, 2.75) is 45.4 Å². The molecule has 0 spiro atoms. The fourth-order valence-corrected chi connectivity index (χ4v) is 4.78. The van der Waals surface area contributed by atoms with Crippen molar-refractivity contribution in [1.82, 2.24) is 14.8 Å². The number of rotatable bonds is 8. The summed E-state index contributed by atoms with van der Waals surface area (Å²) in [6.07, 6.45) is 4.12. The Kier molecular flexibility index (Phi) is 7.48. The molecule has 30 heavy (non-hydrogen) atoms. The molecular formula is C23H30N4O2S. The van der Waals surface area contributed by atoms with Crippen LogP contribution < -0.4 is 5.32 Å². The fourth-order valence-electron chi connectivity index (χ4n) is 3.85. The lowest BCUT2D eigenvalue weighted by Gasteiger charge is -2.23. The lowest BCUT2D eigenvalue weighted by molar-refractivity contribution is -0.117. The highest BCUT2D eigenvalue weighted by Crippen LogP contribution is 2.24. The van der Waals surface area contributed by atoms with E-state index in [1.54, 1.807) is 17.4 Å². The maximum absolute atomic E-state index is 12.7. The molecule has 3 heterocycles. The first kappa shape index (κ1) is 22.3. The van der Waals surface area contributed by atoms with Gasteiger partial charge in [-0.2, -0.15) is 5.26 Å². The fraction of sp³-hybridized carbons (Fsp3) is 0.478. The van der Waals surface area contributed by atoms with Crippen LogP contribution in [-0.2, 0) is 16.1 Å². The Bertz CT molecular complexity index is 931. The number of ether oxygens (including phenoxy) is 1. The Morgan fingerprint density at radius 1 is 1.50 bits per heavy atom. The van der Waals surface area contributed by atoms with Crippen molar-refractivity contribution in [2.24, 2.45) is 0 Å². The van der Waals surface area contributed by atoms with Crippen LogP contribution in [-0.4, -0.2) is 48.7 Å². The van der Waals surface area contributed by atoms with Gasteiger partial charge in [0.15, 0.2) is 0 Å². The van der Waals surface area contributed by atoms with Crippen LogP contribution in [0.5, 0.6) is 0 Å². The van der Waals surface area contributed by atoms with E-state index in [1.165, 1.54) is 4.88 Å². The molecule has 2 aromatic rings. The maximum atomic E-state index is 12.7. The van der Waals surface area contributed by atoms with Crippen molar-refractivity contribution in [3.8, 4) is 6.07 Å². The lowest BCUT2D eigenvalue weighted by Crippen LogP contribution is -2.34. The number of nitriles is 1. The molecule has 1 aliphatic heterocycles. The molecule has 6 nitrogen and oxygen atoms in total. The van der Waals surface area contributed by atoms with Gasteiger partial charge in [-0.05, 0) is 69.9 Å². The summed E-state index contributed by atoms with van der Waals surface area (Å²) in [6.45, 7) is 6.16. The summed E-state index contributed by atoms with van der Waals surface area (Å²) < 4.78 is 7.98. The third-order valence-electron chi connectivity index (χ3n) is 5.64. The van der Waals surface area contributed by atoms with Crippen LogP contribution in [0.2, 0.25) is 0 Å². The Balaban J connectivity index is 1.72. The average Bonchev–Trinajstić information content (AvgIpc) is 3.46. The molecule has 1 N–H and O–H groups in total. The molecule has 160 valence electrons. The molecule has 1 saturated heterocycles. The van der Waals surface area contributed by atoms with Gasteiger partial charge in [0.2, 0.25) is 0 Å². The summed E-state index contributed by atoms with van der Waals surface area (Å²) >= 11 is 1.66. The summed E-state index contributed by atoms with van der Waals surface area (Å²) in [5, 5.41) is 14.6. The van der Waals surface area contributed by atoms with Crippen LogP contribution >= 0.6 is 11.3 Å². The molecule has 0 aromatic carbocycles. The predicted octanol–water partition coefficient (Wildman–Crippen LogP) is 3.67. The Labute approximate surface area is 182 Å². The summed E-state index contributed by atoms with van der Waals surface area (Å²) in [7, 11) is 3.97. The highest BCUT2D eigenvalue weighted by atomic mass is 32.1. The molecule has 2 atom stereocenters. The third kappa shape index (κ3) is 5.20. The second kappa shape index (κ2) is 10.1. The lowest BCUT2D eigenvalue weighted by atomic mass is 10.1. The van der Waals surface area contributed by atoms with Gasteiger partial charge in [-0.15, -0.1) is 11.3 Å². The smallest absolute Gasteiger partial charge is 0.262 e. The average molecular weight is 427 g/mol. The van der Waals surface area contributed by atoms with Gasteiger partial charge < -0.3 is 19.5 Å². The number of thiophene rings is 1. The van der Waals surface area contributed by atoms with Crippen LogP contribution in [0.3, 0.4) is 0 Å². The normalized spacial score (nSPS) is 17.9. The minimum absolute atomic E-state index is 0.0744. The Hall–Kier alpha value is -2.40. The molecule has 0 saturated carbocycles. The number of hydrogen-bond acceptors (Lipinski definition) is 5. The zero-order valence-corrected chi connectivity index (χ0v) is 19.0. The van der Waals surface area contributed by atoms with Crippen molar-refractivity contribution < 1.29 is 9.53 Å². The van der Waals surface area contributed by atoms with Crippen LogP contribution in [0.25, 0.3) is 6.08 Å². The molecule has 0 bridgehead atoms. The minimum Gasteiger partial charge on any atom is -0.376 e. The summed E-state index contributed by atoms with van der Waals surface area (Å²) in [6, 6.07) is 8.24. The van der Waals surface area contributed by atoms with Crippen molar-refractivity contribution >= 4 is 23.3 Å². The monoisotopic (exact) mass is 426 g/mol. The van der Waals surface area contributed by atoms with Gasteiger partial charge in [-0.3, -0.25) is 4.79 Å². The number of hydrogen-bond donors (Lipinski definition) is 1. The zero-order valence-electron chi connectivity index (χ0n) is 18.1. The van der Waals surface area contributed by atoms with Gasteiger partial charge in [0.05, 0.1) is 12.1 Å². The maximum Gasteiger partial charge on any atom is 0.262 e.